The lowest BCUT2D eigenvalue weighted by atomic mass is 9.98. The number of rotatable bonds is 12. The molecule has 2 atom stereocenters. The van der Waals surface area contributed by atoms with Gasteiger partial charge in [-0.2, -0.15) is 5.10 Å². The zero-order chi connectivity index (χ0) is 32.6. The number of phenolic OH excluding ortho intramolecular Hbond substituents is 1. The fourth-order valence-corrected chi connectivity index (χ4v) is 5.61. The predicted molar refractivity (Wildman–Crippen MR) is 170 cm³/mol. The molecule has 1 fully saturated rings. The number of benzene rings is 3. The number of piperazine rings is 1. The van der Waals surface area contributed by atoms with Crippen molar-refractivity contribution in [2.75, 3.05) is 19.6 Å². The number of hydrogen-bond acceptors (Lipinski definition) is 6. The summed E-state index contributed by atoms with van der Waals surface area (Å²) >= 11 is 0. The van der Waals surface area contributed by atoms with Gasteiger partial charge in [0.05, 0.1) is 18.6 Å². The number of carbonyl (C=O) groups is 4. The lowest BCUT2D eigenvalue weighted by molar-refractivity contribution is -0.635. The minimum Gasteiger partial charge on any atom is -0.508 e. The van der Waals surface area contributed by atoms with E-state index in [1.54, 1.807) is 46.6 Å². The quantitative estimate of drug-likeness (QED) is 0.0993. The molecule has 0 radical (unpaired) electrons. The molecule has 1 aromatic heterocycles. The van der Waals surface area contributed by atoms with E-state index in [9.17, 15) is 24.3 Å². The van der Waals surface area contributed by atoms with Gasteiger partial charge in [0.25, 0.3) is 11.8 Å². The van der Waals surface area contributed by atoms with Crippen LogP contribution in [-0.2, 0) is 29.1 Å². The molecule has 0 saturated carbocycles. The zero-order valence-electron chi connectivity index (χ0n) is 25.2. The number of aromatic hydroxyl groups is 1. The standard InChI is InChI=1S/C33H36N8O5/c1-2-15-35-18-28(43)41-26(16-21-11-13-24(42)14-12-21)32(45)40(19-23-9-6-10-25-29(23)38-39-30(25)31(34)44)20-27(41)37-33(46)36-17-22-7-4-3-5-8-22/h2-14,26-27,35,42H,1,15-20H2,(H2,34,44)(H,38,39)(H2,36,37,46)/p+1/t26-,27+/m0/s1. The van der Waals surface area contributed by atoms with Gasteiger partial charge in [0.2, 0.25) is 5.91 Å². The zero-order valence-corrected chi connectivity index (χ0v) is 25.2. The summed E-state index contributed by atoms with van der Waals surface area (Å²) in [5.41, 5.74) is 8.44. The highest BCUT2D eigenvalue weighted by Gasteiger charge is 2.44. The number of urea groups is 1. The van der Waals surface area contributed by atoms with Crippen molar-refractivity contribution in [3.05, 3.63) is 108 Å². The molecule has 3 aromatic carbocycles. The molecular formula is C33H37N8O5+. The molecule has 2 heterocycles. The summed E-state index contributed by atoms with van der Waals surface area (Å²) in [4.78, 5) is 56.2. The number of nitrogens with one attached hydrogen (secondary N) is 3. The molecule has 1 aliphatic rings. The van der Waals surface area contributed by atoms with Crippen LogP contribution in [0.15, 0.2) is 85.5 Å². The molecule has 1 aliphatic heterocycles. The summed E-state index contributed by atoms with van der Waals surface area (Å²) in [6.07, 6.45) is 0.946. The van der Waals surface area contributed by atoms with Gasteiger partial charge in [-0.25, -0.2) is 4.79 Å². The molecule has 0 aliphatic carbocycles. The number of amides is 5. The number of fused-ring (bicyclic) bond motifs is 1. The lowest BCUT2D eigenvalue weighted by Crippen LogP contribution is -2.87. The van der Waals surface area contributed by atoms with Crippen molar-refractivity contribution < 1.29 is 29.6 Å². The third-order valence-corrected chi connectivity index (χ3v) is 7.84. The van der Waals surface area contributed by atoms with Gasteiger partial charge >= 0.3 is 6.03 Å². The van der Waals surface area contributed by atoms with Crippen LogP contribution in [-0.4, -0.2) is 80.7 Å². The first-order valence-corrected chi connectivity index (χ1v) is 14.9. The van der Waals surface area contributed by atoms with E-state index in [0.29, 0.717) is 23.0 Å². The van der Waals surface area contributed by atoms with Gasteiger partial charge in [-0.05, 0) is 34.9 Å². The van der Waals surface area contributed by atoms with Crippen molar-refractivity contribution in [1.82, 2.24) is 30.6 Å². The monoisotopic (exact) mass is 625 g/mol. The number of primary amides is 1. The van der Waals surface area contributed by atoms with E-state index in [2.05, 4.69) is 27.4 Å². The lowest BCUT2D eigenvalue weighted by Gasteiger charge is -2.46. The molecule has 0 spiro atoms. The van der Waals surface area contributed by atoms with Crippen molar-refractivity contribution in [3.63, 3.8) is 0 Å². The highest BCUT2D eigenvalue weighted by atomic mass is 16.3. The van der Waals surface area contributed by atoms with Gasteiger partial charge < -0.3 is 36.6 Å². The van der Waals surface area contributed by atoms with E-state index >= 15 is 0 Å². The van der Waals surface area contributed by atoms with Crippen LogP contribution in [0.1, 0.15) is 27.2 Å². The molecule has 238 valence electrons. The average Bonchev–Trinajstić information content (AvgIpc) is 3.49. The van der Waals surface area contributed by atoms with E-state index in [-0.39, 0.29) is 55.9 Å². The Kier molecular flexibility index (Phi) is 9.93. The number of nitrogens with zero attached hydrogens (tertiary/aromatic N) is 3. The fraction of sp³-hybridized carbons (Fsp3) is 0.242. The van der Waals surface area contributed by atoms with Crippen LogP contribution in [0, 0.1) is 0 Å². The predicted octanol–water partition coefficient (Wildman–Crippen LogP) is 0.724. The number of aromatic amines is 1. The molecule has 8 N–H and O–H groups in total. The van der Waals surface area contributed by atoms with Gasteiger partial charge in [-0.15, -0.1) is 0 Å². The van der Waals surface area contributed by atoms with Crippen LogP contribution in [0.3, 0.4) is 0 Å². The minimum absolute atomic E-state index is 0.000351. The van der Waals surface area contributed by atoms with Crippen molar-refractivity contribution in [3.8, 4) is 5.75 Å². The normalized spacial score (nSPS) is 16.3. The summed E-state index contributed by atoms with van der Waals surface area (Å²) < 4.78 is 0. The fourth-order valence-electron chi connectivity index (χ4n) is 5.61. The second-order valence-corrected chi connectivity index (χ2v) is 11.0. The van der Waals surface area contributed by atoms with Crippen molar-refractivity contribution in [2.45, 2.75) is 31.7 Å². The van der Waals surface area contributed by atoms with Crippen molar-refractivity contribution in [2.24, 2.45) is 5.73 Å². The van der Waals surface area contributed by atoms with E-state index in [1.807, 2.05) is 30.3 Å². The van der Waals surface area contributed by atoms with Crippen LogP contribution in [0.25, 0.3) is 10.9 Å². The Morgan fingerprint density at radius 3 is 2.54 bits per heavy atom. The number of aromatic nitrogens is 2. The molecular weight excluding hydrogens is 588 g/mol. The molecule has 46 heavy (non-hydrogen) atoms. The summed E-state index contributed by atoms with van der Waals surface area (Å²) in [5, 5.41) is 24.9. The van der Waals surface area contributed by atoms with Gasteiger partial charge in [-0.1, -0.05) is 67.2 Å². The topological polar surface area (TPSA) is 190 Å². The minimum atomic E-state index is -0.970. The first-order valence-electron chi connectivity index (χ1n) is 14.9. The Bertz CT molecular complexity index is 1720. The number of hydrogen-bond donors (Lipinski definition) is 6. The maximum atomic E-state index is 14.3. The molecule has 0 bridgehead atoms. The SMILES string of the molecule is C=CC[NH2+]CC(=O)N1[C@@H](NC(=O)NCc2ccccc2)CN(Cc2cccc3c(C(N)=O)[nH]nc23)C(=O)[C@@H]1Cc1ccc(O)cc1. The summed E-state index contributed by atoms with van der Waals surface area (Å²) in [6, 6.07) is 19.6. The van der Waals surface area contributed by atoms with Gasteiger partial charge in [0.1, 0.15) is 23.7 Å². The summed E-state index contributed by atoms with van der Waals surface area (Å²) in [6.45, 7) is 4.61. The number of para-hydroxylation sites is 1. The Morgan fingerprint density at radius 2 is 1.83 bits per heavy atom. The van der Waals surface area contributed by atoms with Crippen LogP contribution in [0.5, 0.6) is 5.75 Å². The van der Waals surface area contributed by atoms with Crippen LogP contribution in [0.2, 0.25) is 0 Å². The Labute approximate surface area is 265 Å². The van der Waals surface area contributed by atoms with Gasteiger partial charge in [0, 0.05) is 24.9 Å². The second kappa shape index (κ2) is 14.4. The first kappa shape index (κ1) is 31.7. The smallest absolute Gasteiger partial charge is 0.316 e. The average molecular weight is 626 g/mol. The van der Waals surface area contributed by atoms with Gasteiger partial charge in [-0.3, -0.25) is 19.5 Å². The van der Waals surface area contributed by atoms with Crippen molar-refractivity contribution >= 4 is 34.7 Å². The van der Waals surface area contributed by atoms with Crippen molar-refractivity contribution in [1.29, 1.82) is 0 Å². The number of nitrogens with two attached hydrogens (primary N) is 2. The largest absolute Gasteiger partial charge is 0.508 e. The summed E-state index contributed by atoms with van der Waals surface area (Å²) in [5.74, 6) is -1.23. The molecule has 1 saturated heterocycles. The highest BCUT2D eigenvalue weighted by molar-refractivity contribution is 6.04. The summed E-state index contributed by atoms with van der Waals surface area (Å²) in [7, 11) is 0. The number of phenols is 1. The van der Waals surface area contributed by atoms with Crippen LogP contribution >= 0.6 is 0 Å². The number of H-pyrrole nitrogens is 1. The molecule has 5 amide bonds. The van der Waals surface area contributed by atoms with E-state index in [4.69, 9.17) is 5.73 Å². The van der Waals surface area contributed by atoms with E-state index < -0.39 is 24.1 Å². The third-order valence-electron chi connectivity index (χ3n) is 7.84. The number of carbonyl (C=O) groups excluding carboxylic acids is 4. The highest BCUT2D eigenvalue weighted by Crippen LogP contribution is 2.26. The molecule has 5 rings (SSSR count). The van der Waals surface area contributed by atoms with E-state index in [0.717, 1.165) is 11.1 Å². The maximum absolute atomic E-state index is 14.3. The number of quaternary nitrogens is 1. The van der Waals surface area contributed by atoms with Gasteiger partial charge in [0.15, 0.2) is 6.54 Å². The molecule has 0 unspecified atom stereocenters. The maximum Gasteiger partial charge on any atom is 0.316 e. The van der Waals surface area contributed by atoms with E-state index in [1.165, 1.54) is 17.0 Å². The van der Waals surface area contributed by atoms with Crippen LogP contribution in [0.4, 0.5) is 4.79 Å². The Balaban J connectivity index is 1.47. The third kappa shape index (κ3) is 7.33. The Hall–Kier alpha value is -5.69. The van der Waals surface area contributed by atoms with Crippen LogP contribution < -0.4 is 21.7 Å². The molecule has 13 nitrogen and oxygen atoms in total. The Morgan fingerprint density at radius 1 is 1.07 bits per heavy atom. The second-order valence-electron chi connectivity index (χ2n) is 11.0. The molecule has 13 heteroatoms. The first-order chi connectivity index (χ1) is 22.2. The molecule has 4 aromatic rings.